The number of carbonyl (C=O) groups excluding carboxylic acids is 1. The molecule has 130 valence electrons. The number of carbonyl (C=O) groups is 1. The fourth-order valence-electron chi connectivity index (χ4n) is 2.10. The van der Waals surface area contributed by atoms with Gasteiger partial charge in [0, 0.05) is 11.1 Å². The normalized spacial score (nSPS) is 9.72. The highest BCUT2D eigenvalue weighted by Gasteiger charge is 2.10. The van der Waals surface area contributed by atoms with Crippen molar-refractivity contribution >= 4 is 5.91 Å². The third-order valence-corrected chi connectivity index (χ3v) is 3.22. The van der Waals surface area contributed by atoms with Crippen molar-refractivity contribution in [2.75, 3.05) is 19.8 Å². The lowest BCUT2D eigenvalue weighted by molar-refractivity contribution is 0.0958. The maximum Gasteiger partial charge on any atom is 0.252 e. The number of ether oxygens (including phenoxy) is 2. The molecule has 5 heteroatoms. The first-order valence-corrected chi connectivity index (χ1v) is 8.06. The summed E-state index contributed by atoms with van der Waals surface area (Å²) in [6.45, 7) is 4.94. The molecule has 2 aromatic carbocycles. The molecule has 0 bridgehead atoms. The van der Waals surface area contributed by atoms with Crippen molar-refractivity contribution < 1.29 is 18.7 Å². The van der Waals surface area contributed by atoms with E-state index in [4.69, 9.17) is 9.47 Å². The zero-order valence-electron chi connectivity index (χ0n) is 14.3. The number of rotatable bonds is 6. The van der Waals surface area contributed by atoms with Gasteiger partial charge in [-0.3, -0.25) is 4.79 Å². The van der Waals surface area contributed by atoms with E-state index in [0.717, 1.165) is 0 Å². The first kappa shape index (κ1) is 18.3. The summed E-state index contributed by atoms with van der Waals surface area (Å²) < 4.78 is 23.8. The van der Waals surface area contributed by atoms with Gasteiger partial charge >= 0.3 is 0 Å². The lowest BCUT2D eigenvalue weighted by Gasteiger charge is -2.12. The fourth-order valence-corrected chi connectivity index (χ4v) is 2.10. The maximum atomic E-state index is 12.8. The van der Waals surface area contributed by atoms with Crippen LogP contribution < -0.4 is 14.8 Å². The Hall–Kier alpha value is -3.00. The molecule has 0 fully saturated rings. The van der Waals surface area contributed by atoms with E-state index in [1.165, 1.54) is 12.1 Å². The maximum absolute atomic E-state index is 12.8. The molecule has 25 heavy (non-hydrogen) atoms. The van der Waals surface area contributed by atoms with Gasteiger partial charge in [-0.25, -0.2) is 4.39 Å². The molecule has 0 spiro atoms. The topological polar surface area (TPSA) is 47.6 Å². The van der Waals surface area contributed by atoms with Gasteiger partial charge in [0.1, 0.15) is 5.82 Å². The van der Waals surface area contributed by atoms with E-state index in [1.54, 1.807) is 30.3 Å². The minimum atomic E-state index is -0.306. The van der Waals surface area contributed by atoms with Crippen molar-refractivity contribution in [3.63, 3.8) is 0 Å². The molecule has 0 aliphatic heterocycles. The second-order valence-corrected chi connectivity index (χ2v) is 5.02. The van der Waals surface area contributed by atoms with Crippen LogP contribution in [0.3, 0.4) is 0 Å². The Bertz CT molecular complexity index is 776. The molecular formula is C20H20FNO3. The van der Waals surface area contributed by atoms with Crippen molar-refractivity contribution in [3.05, 3.63) is 59.4 Å². The molecule has 0 aliphatic carbocycles. The molecule has 0 unspecified atom stereocenters. The quantitative estimate of drug-likeness (QED) is 0.819. The lowest BCUT2D eigenvalue weighted by atomic mass is 10.2. The molecule has 0 radical (unpaired) electrons. The average Bonchev–Trinajstić information content (AvgIpc) is 2.62. The summed E-state index contributed by atoms with van der Waals surface area (Å²) in [4.78, 5) is 12.2. The Morgan fingerprint density at radius 2 is 1.72 bits per heavy atom. The molecule has 0 atom stereocenters. The summed E-state index contributed by atoms with van der Waals surface area (Å²) in [5.41, 5.74) is 1.16. The summed E-state index contributed by atoms with van der Waals surface area (Å²) in [6, 6.07) is 10.9. The number of hydrogen-bond acceptors (Lipinski definition) is 3. The van der Waals surface area contributed by atoms with Gasteiger partial charge in [0.25, 0.3) is 5.91 Å². The highest BCUT2D eigenvalue weighted by atomic mass is 19.1. The Morgan fingerprint density at radius 1 is 1.04 bits per heavy atom. The molecule has 0 aliphatic rings. The number of benzene rings is 2. The van der Waals surface area contributed by atoms with Crippen LogP contribution in [0.25, 0.3) is 0 Å². The Labute approximate surface area is 147 Å². The minimum absolute atomic E-state index is 0.188. The van der Waals surface area contributed by atoms with Crippen LogP contribution in [0.4, 0.5) is 4.39 Å². The number of halogens is 1. The second kappa shape index (κ2) is 9.33. The highest BCUT2D eigenvalue weighted by Crippen LogP contribution is 2.28. The first-order chi connectivity index (χ1) is 12.1. The van der Waals surface area contributed by atoms with E-state index >= 15 is 0 Å². The molecule has 0 heterocycles. The van der Waals surface area contributed by atoms with Crippen LogP contribution in [-0.2, 0) is 0 Å². The zero-order chi connectivity index (χ0) is 18.1. The number of nitrogens with one attached hydrogen (secondary N) is 1. The fraction of sp³-hybridized carbons (Fsp3) is 0.250. The SMILES string of the molecule is CCOc1ccc(C(=O)NCC#Cc2ccc(F)cc2)cc1OCC. The van der Waals surface area contributed by atoms with E-state index in [0.29, 0.717) is 35.8 Å². The van der Waals surface area contributed by atoms with Crippen molar-refractivity contribution in [2.24, 2.45) is 0 Å². The van der Waals surface area contributed by atoms with E-state index in [1.807, 2.05) is 13.8 Å². The van der Waals surface area contributed by atoms with Crippen LogP contribution in [0.2, 0.25) is 0 Å². The van der Waals surface area contributed by atoms with Crippen molar-refractivity contribution in [1.82, 2.24) is 5.32 Å². The third kappa shape index (κ3) is 5.54. The van der Waals surface area contributed by atoms with E-state index in [-0.39, 0.29) is 18.3 Å². The van der Waals surface area contributed by atoms with Gasteiger partial charge in [-0.15, -0.1) is 0 Å². The van der Waals surface area contributed by atoms with Gasteiger partial charge in [-0.05, 0) is 56.3 Å². The molecule has 2 rings (SSSR count). The minimum Gasteiger partial charge on any atom is -0.490 e. The summed E-state index contributed by atoms with van der Waals surface area (Å²) in [7, 11) is 0. The van der Waals surface area contributed by atoms with Gasteiger partial charge in [0.2, 0.25) is 0 Å². The number of amides is 1. The lowest BCUT2D eigenvalue weighted by Crippen LogP contribution is -2.23. The number of hydrogen-bond donors (Lipinski definition) is 1. The molecule has 4 nitrogen and oxygen atoms in total. The van der Waals surface area contributed by atoms with Gasteiger partial charge < -0.3 is 14.8 Å². The standard InChI is InChI=1S/C20H20FNO3/c1-3-24-18-12-9-16(14-19(18)25-4-2)20(23)22-13-5-6-15-7-10-17(21)11-8-15/h7-12,14H,3-4,13H2,1-2H3,(H,22,23). The highest BCUT2D eigenvalue weighted by molar-refractivity contribution is 5.95. The summed E-state index contributed by atoms with van der Waals surface area (Å²) in [6.07, 6.45) is 0. The van der Waals surface area contributed by atoms with Crippen molar-refractivity contribution in [1.29, 1.82) is 0 Å². The Balaban J connectivity index is 1.98. The molecule has 1 N–H and O–H groups in total. The van der Waals surface area contributed by atoms with Crippen LogP contribution in [0.1, 0.15) is 29.8 Å². The average molecular weight is 341 g/mol. The predicted octanol–water partition coefficient (Wildman–Crippen LogP) is 3.40. The Morgan fingerprint density at radius 3 is 2.40 bits per heavy atom. The monoisotopic (exact) mass is 341 g/mol. The summed E-state index contributed by atoms with van der Waals surface area (Å²) >= 11 is 0. The van der Waals surface area contributed by atoms with Crippen LogP contribution in [0.15, 0.2) is 42.5 Å². The van der Waals surface area contributed by atoms with Crippen molar-refractivity contribution in [3.8, 4) is 23.3 Å². The summed E-state index contributed by atoms with van der Waals surface area (Å²) in [5, 5.41) is 2.72. The van der Waals surface area contributed by atoms with E-state index in [9.17, 15) is 9.18 Å². The molecule has 2 aromatic rings. The predicted molar refractivity (Wildman–Crippen MR) is 94.4 cm³/mol. The Kier molecular flexibility index (Phi) is 6.85. The van der Waals surface area contributed by atoms with Crippen LogP contribution in [0, 0.1) is 17.7 Å². The van der Waals surface area contributed by atoms with Crippen molar-refractivity contribution in [2.45, 2.75) is 13.8 Å². The smallest absolute Gasteiger partial charge is 0.252 e. The van der Waals surface area contributed by atoms with E-state index < -0.39 is 0 Å². The van der Waals surface area contributed by atoms with Crippen LogP contribution in [0.5, 0.6) is 11.5 Å². The molecular weight excluding hydrogens is 321 g/mol. The van der Waals surface area contributed by atoms with Gasteiger partial charge in [-0.1, -0.05) is 11.8 Å². The van der Waals surface area contributed by atoms with Gasteiger partial charge in [0.15, 0.2) is 11.5 Å². The van der Waals surface area contributed by atoms with Gasteiger partial charge in [0.05, 0.1) is 19.8 Å². The van der Waals surface area contributed by atoms with Crippen LogP contribution in [-0.4, -0.2) is 25.7 Å². The first-order valence-electron chi connectivity index (χ1n) is 8.06. The molecule has 0 saturated heterocycles. The third-order valence-electron chi connectivity index (χ3n) is 3.22. The molecule has 0 aromatic heterocycles. The molecule has 0 saturated carbocycles. The van der Waals surface area contributed by atoms with Crippen LogP contribution >= 0.6 is 0 Å². The van der Waals surface area contributed by atoms with E-state index in [2.05, 4.69) is 17.2 Å². The zero-order valence-corrected chi connectivity index (χ0v) is 14.3. The van der Waals surface area contributed by atoms with Gasteiger partial charge in [-0.2, -0.15) is 0 Å². The molecule has 1 amide bonds. The largest absolute Gasteiger partial charge is 0.490 e. The second-order valence-electron chi connectivity index (χ2n) is 5.02. The summed E-state index contributed by atoms with van der Waals surface area (Å²) in [5.74, 6) is 6.28.